The summed E-state index contributed by atoms with van der Waals surface area (Å²) in [4.78, 5) is 0. The maximum Gasteiger partial charge on any atom is 0.112 e. The van der Waals surface area contributed by atoms with Crippen molar-refractivity contribution in [3.05, 3.63) is 12.2 Å². The van der Waals surface area contributed by atoms with Gasteiger partial charge in [-0.1, -0.05) is 12.2 Å². The van der Waals surface area contributed by atoms with Gasteiger partial charge >= 0.3 is 0 Å². The van der Waals surface area contributed by atoms with Crippen LogP contribution in [0.5, 0.6) is 0 Å². The second-order valence-corrected chi connectivity index (χ2v) is 2.70. The van der Waals surface area contributed by atoms with Gasteiger partial charge in [0.1, 0.15) is 18.3 Å². The van der Waals surface area contributed by atoms with Crippen LogP contribution in [0.25, 0.3) is 0 Å². The molecule has 4 N–H and O–H groups in total. The number of hydrogen-bond acceptors (Lipinski definition) is 4. The van der Waals surface area contributed by atoms with Crippen molar-refractivity contribution >= 4 is 0 Å². The molecule has 0 fully saturated rings. The van der Waals surface area contributed by atoms with E-state index in [1.54, 1.807) is 0 Å². The van der Waals surface area contributed by atoms with Crippen molar-refractivity contribution in [2.75, 3.05) is 0 Å². The van der Waals surface area contributed by atoms with Crippen molar-refractivity contribution in [1.82, 2.24) is 0 Å². The molecule has 64 valence electrons. The first-order valence-corrected chi connectivity index (χ1v) is 3.52. The maximum atomic E-state index is 9.10. The SMILES string of the molecule is O[C@@H]1[C@H](O)[C@@H](O)CC=C[C@H]1O. The van der Waals surface area contributed by atoms with Crippen molar-refractivity contribution < 1.29 is 20.4 Å². The van der Waals surface area contributed by atoms with E-state index in [1.165, 1.54) is 12.2 Å². The molecule has 1 aliphatic rings. The molecule has 0 amide bonds. The zero-order valence-electron chi connectivity index (χ0n) is 5.96. The number of rotatable bonds is 0. The molecule has 0 saturated carbocycles. The largest absolute Gasteiger partial charge is 0.390 e. The lowest BCUT2D eigenvalue weighted by atomic mass is 10.1. The lowest BCUT2D eigenvalue weighted by molar-refractivity contribution is -0.0880. The lowest BCUT2D eigenvalue weighted by Gasteiger charge is -2.21. The van der Waals surface area contributed by atoms with Gasteiger partial charge < -0.3 is 20.4 Å². The van der Waals surface area contributed by atoms with Crippen LogP contribution in [0.4, 0.5) is 0 Å². The molecule has 0 aromatic heterocycles. The molecule has 4 atom stereocenters. The molecule has 1 aliphatic carbocycles. The molecule has 0 spiro atoms. The third-order valence-corrected chi connectivity index (χ3v) is 1.80. The van der Waals surface area contributed by atoms with Crippen LogP contribution in [-0.2, 0) is 0 Å². The number of aliphatic hydroxyl groups excluding tert-OH is 4. The van der Waals surface area contributed by atoms with E-state index in [0.717, 1.165) is 0 Å². The Morgan fingerprint density at radius 3 is 2.27 bits per heavy atom. The number of hydrogen-bond donors (Lipinski definition) is 4. The summed E-state index contributed by atoms with van der Waals surface area (Å²) in [7, 11) is 0. The monoisotopic (exact) mass is 160 g/mol. The van der Waals surface area contributed by atoms with Gasteiger partial charge in [-0.3, -0.25) is 0 Å². The molecule has 1 rings (SSSR count). The average molecular weight is 160 g/mol. The summed E-state index contributed by atoms with van der Waals surface area (Å²) in [5, 5.41) is 36.3. The third-order valence-electron chi connectivity index (χ3n) is 1.80. The van der Waals surface area contributed by atoms with E-state index in [1.807, 2.05) is 0 Å². The van der Waals surface area contributed by atoms with E-state index < -0.39 is 24.4 Å². The van der Waals surface area contributed by atoms with Crippen LogP contribution in [0, 0.1) is 0 Å². The Kier molecular flexibility index (Phi) is 2.62. The minimum atomic E-state index is -1.29. The first-order chi connectivity index (χ1) is 5.13. The first-order valence-electron chi connectivity index (χ1n) is 3.52. The predicted octanol–water partition coefficient (Wildman–Crippen LogP) is -1.61. The second kappa shape index (κ2) is 3.32. The van der Waals surface area contributed by atoms with Gasteiger partial charge in [0.2, 0.25) is 0 Å². The maximum absolute atomic E-state index is 9.10. The summed E-state index contributed by atoms with van der Waals surface area (Å²) >= 11 is 0. The van der Waals surface area contributed by atoms with Crippen molar-refractivity contribution in [2.24, 2.45) is 0 Å². The fourth-order valence-corrected chi connectivity index (χ4v) is 1.04. The Morgan fingerprint density at radius 1 is 1.00 bits per heavy atom. The van der Waals surface area contributed by atoms with Gasteiger partial charge in [-0.05, 0) is 6.42 Å². The van der Waals surface area contributed by atoms with E-state index in [4.69, 9.17) is 20.4 Å². The van der Waals surface area contributed by atoms with Crippen molar-refractivity contribution in [2.45, 2.75) is 30.8 Å². The Labute approximate surface area is 64.4 Å². The normalized spacial score (nSPS) is 45.5. The van der Waals surface area contributed by atoms with Gasteiger partial charge in [-0.2, -0.15) is 0 Å². The van der Waals surface area contributed by atoms with Crippen LogP contribution in [-0.4, -0.2) is 44.8 Å². The highest BCUT2D eigenvalue weighted by molar-refractivity contribution is 5.01. The summed E-state index contributed by atoms with van der Waals surface area (Å²) in [6.45, 7) is 0. The van der Waals surface area contributed by atoms with Crippen molar-refractivity contribution in [1.29, 1.82) is 0 Å². The summed E-state index contributed by atoms with van der Waals surface area (Å²) in [5.74, 6) is 0. The molecule has 0 saturated heterocycles. The molecular formula is C7H12O4. The standard InChI is InChI=1S/C7H12O4/c8-4-2-1-3-5(9)7(11)6(4)10/h1-2,4-11H,3H2/t4-,5+,6+,7-/m1/s1. The van der Waals surface area contributed by atoms with Crippen LogP contribution in [0.1, 0.15) is 6.42 Å². The third kappa shape index (κ3) is 1.78. The Bertz CT molecular complexity index is 157. The van der Waals surface area contributed by atoms with Crippen molar-refractivity contribution in [3.63, 3.8) is 0 Å². The summed E-state index contributed by atoms with van der Waals surface area (Å²) in [5.41, 5.74) is 0. The van der Waals surface area contributed by atoms with Gasteiger partial charge in [0.15, 0.2) is 0 Å². The fraction of sp³-hybridized carbons (Fsp3) is 0.714. The average Bonchev–Trinajstić information content (AvgIpc) is 2.07. The van der Waals surface area contributed by atoms with Crippen molar-refractivity contribution in [3.8, 4) is 0 Å². The zero-order chi connectivity index (χ0) is 8.43. The first kappa shape index (κ1) is 8.67. The van der Waals surface area contributed by atoms with Gasteiger partial charge in [-0.15, -0.1) is 0 Å². The van der Waals surface area contributed by atoms with Crippen LogP contribution in [0.3, 0.4) is 0 Å². The quantitative estimate of drug-likeness (QED) is 0.321. The summed E-state index contributed by atoms with van der Waals surface area (Å²) in [6, 6.07) is 0. The number of aliphatic hydroxyl groups is 4. The minimum absolute atomic E-state index is 0.259. The Balaban J connectivity index is 2.68. The predicted molar refractivity (Wildman–Crippen MR) is 37.8 cm³/mol. The molecule has 0 unspecified atom stereocenters. The summed E-state index contributed by atoms with van der Waals surface area (Å²) < 4.78 is 0. The van der Waals surface area contributed by atoms with Crippen LogP contribution in [0.2, 0.25) is 0 Å². The van der Waals surface area contributed by atoms with E-state index in [-0.39, 0.29) is 6.42 Å². The van der Waals surface area contributed by atoms with Crippen LogP contribution >= 0.6 is 0 Å². The van der Waals surface area contributed by atoms with E-state index in [0.29, 0.717) is 0 Å². The highest BCUT2D eigenvalue weighted by Crippen LogP contribution is 2.13. The fourth-order valence-electron chi connectivity index (χ4n) is 1.04. The van der Waals surface area contributed by atoms with Crippen LogP contribution in [0.15, 0.2) is 12.2 Å². The smallest absolute Gasteiger partial charge is 0.112 e. The molecule has 0 bridgehead atoms. The molecule has 0 heterocycles. The topological polar surface area (TPSA) is 80.9 Å². The van der Waals surface area contributed by atoms with Gasteiger partial charge in [-0.25, -0.2) is 0 Å². The van der Waals surface area contributed by atoms with E-state index in [9.17, 15) is 0 Å². The zero-order valence-corrected chi connectivity index (χ0v) is 5.96. The Hall–Kier alpha value is -0.420. The Morgan fingerprint density at radius 2 is 1.64 bits per heavy atom. The highest BCUT2D eigenvalue weighted by Gasteiger charge is 2.30. The van der Waals surface area contributed by atoms with E-state index >= 15 is 0 Å². The van der Waals surface area contributed by atoms with Gasteiger partial charge in [0.05, 0.1) is 6.10 Å². The molecule has 0 aromatic rings. The molecule has 4 nitrogen and oxygen atoms in total. The molecule has 0 aromatic carbocycles. The minimum Gasteiger partial charge on any atom is -0.390 e. The lowest BCUT2D eigenvalue weighted by Crippen LogP contribution is -2.42. The van der Waals surface area contributed by atoms with Gasteiger partial charge in [0.25, 0.3) is 0 Å². The second-order valence-electron chi connectivity index (χ2n) is 2.70. The van der Waals surface area contributed by atoms with E-state index in [2.05, 4.69) is 0 Å². The summed E-state index contributed by atoms with van der Waals surface area (Å²) in [6.07, 6.45) is -1.46. The molecule has 0 radical (unpaired) electrons. The molecule has 11 heavy (non-hydrogen) atoms. The highest BCUT2D eigenvalue weighted by atomic mass is 16.4. The molecular weight excluding hydrogens is 148 g/mol. The molecule has 4 heteroatoms. The molecule has 0 aliphatic heterocycles. The van der Waals surface area contributed by atoms with Crippen LogP contribution < -0.4 is 0 Å². The van der Waals surface area contributed by atoms with Gasteiger partial charge in [0, 0.05) is 0 Å².